The number of aryl methyl sites for hydroxylation is 2. The predicted molar refractivity (Wildman–Crippen MR) is 85.9 cm³/mol. The van der Waals surface area contributed by atoms with E-state index in [1.54, 1.807) is 0 Å². The van der Waals surface area contributed by atoms with E-state index >= 15 is 0 Å². The summed E-state index contributed by atoms with van der Waals surface area (Å²) >= 11 is 0. The summed E-state index contributed by atoms with van der Waals surface area (Å²) in [5.74, 6) is 1.11. The number of β-amino-alcohol motifs (C(OH)–C–C–N with tert-alkyl or cyclic N) is 1. The maximum atomic E-state index is 10.2. The van der Waals surface area contributed by atoms with Crippen LogP contribution in [0, 0.1) is 0 Å². The molecule has 5 nitrogen and oxygen atoms in total. The number of ether oxygens (including phenoxy) is 1. The molecule has 1 aliphatic carbocycles. The Morgan fingerprint density at radius 3 is 2.91 bits per heavy atom. The lowest BCUT2D eigenvalue weighted by molar-refractivity contribution is -0.0105. The van der Waals surface area contributed by atoms with Gasteiger partial charge in [-0.3, -0.25) is 4.90 Å². The summed E-state index contributed by atoms with van der Waals surface area (Å²) in [6.07, 6.45) is 6.83. The molecule has 0 spiro atoms. The fourth-order valence-corrected chi connectivity index (χ4v) is 3.61. The Morgan fingerprint density at radius 1 is 1.32 bits per heavy atom. The number of rotatable bonds is 6. The summed E-state index contributed by atoms with van der Waals surface area (Å²) in [6, 6.07) is 0.333. The van der Waals surface area contributed by atoms with E-state index in [2.05, 4.69) is 9.88 Å². The largest absolute Gasteiger partial charge is 0.389 e. The first kappa shape index (κ1) is 16.0. The number of hydrogen-bond acceptors (Lipinski definition) is 4. The van der Waals surface area contributed by atoms with E-state index in [-0.39, 0.29) is 6.10 Å². The molecule has 1 aliphatic heterocycles. The SMILES string of the molecule is CC(C)OC[C@H](O)CN1CCC[C@H]1c1nc2c([nH]1)CCCC2. The van der Waals surface area contributed by atoms with Gasteiger partial charge in [0.25, 0.3) is 0 Å². The maximum Gasteiger partial charge on any atom is 0.124 e. The van der Waals surface area contributed by atoms with E-state index in [1.807, 2.05) is 13.8 Å². The Balaban J connectivity index is 1.61. The predicted octanol–water partition coefficient (Wildman–Crippen LogP) is 2.21. The number of fused-ring (bicyclic) bond motifs is 1. The molecule has 22 heavy (non-hydrogen) atoms. The van der Waals surface area contributed by atoms with E-state index in [0.29, 0.717) is 19.2 Å². The molecule has 2 heterocycles. The van der Waals surface area contributed by atoms with E-state index in [0.717, 1.165) is 31.6 Å². The van der Waals surface area contributed by atoms with Crippen LogP contribution in [0.2, 0.25) is 0 Å². The van der Waals surface area contributed by atoms with Gasteiger partial charge in [0, 0.05) is 12.2 Å². The number of H-pyrrole nitrogens is 1. The van der Waals surface area contributed by atoms with Crippen LogP contribution in [0.5, 0.6) is 0 Å². The molecule has 2 N–H and O–H groups in total. The van der Waals surface area contributed by atoms with Crippen molar-refractivity contribution >= 4 is 0 Å². The molecule has 5 heteroatoms. The molecule has 1 fully saturated rings. The monoisotopic (exact) mass is 307 g/mol. The van der Waals surface area contributed by atoms with Gasteiger partial charge in [0.05, 0.1) is 30.6 Å². The van der Waals surface area contributed by atoms with Gasteiger partial charge >= 0.3 is 0 Å². The van der Waals surface area contributed by atoms with Crippen LogP contribution in [0.15, 0.2) is 0 Å². The third kappa shape index (κ3) is 3.70. The number of hydrogen-bond donors (Lipinski definition) is 2. The molecule has 1 saturated heterocycles. The van der Waals surface area contributed by atoms with Gasteiger partial charge in [-0.2, -0.15) is 0 Å². The molecular formula is C17H29N3O2. The fraction of sp³-hybridized carbons (Fsp3) is 0.824. The Morgan fingerprint density at radius 2 is 2.14 bits per heavy atom. The van der Waals surface area contributed by atoms with Crippen LogP contribution in [0.3, 0.4) is 0 Å². The van der Waals surface area contributed by atoms with Gasteiger partial charge in [-0.1, -0.05) is 0 Å². The average molecular weight is 307 g/mol. The van der Waals surface area contributed by atoms with Crippen molar-refractivity contribution in [3.63, 3.8) is 0 Å². The van der Waals surface area contributed by atoms with E-state index in [9.17, 15) is 5.11 Å². The van der Waals surface area contributed by atoms with Crippen molar-refractivity contribution in [3.05, 3.63) is 17.2 Å². The second kappa shape index (κ2) is 7.11. The second-order valence-corrected chi connectivity index (χ2v) is 6.94. The molecule has 2 atom stereocenters. The van der Waals surface area contributed by atoms with Crippen LogP contribution in [0.25, 0.3) is 0 Å². The van der Waals surface area contributed by atoms with Gasteiger partial charge in [-0.25, -0.2) is 4.98 Å². The smallest absolute Gasteiger partial charge is 0.124 e. The highest BCUT2D eigenvalue weighted by atomic mass is 16.5. The van der Waals surface area contributed by atoms with Gasteiger partial charge in [0.2, 0.25) is 0 Å². The van der Waals surface area contributed by atoms with Crippen LogP contribution >= 0.6 is 0 Å². The average Bonchev–Trinajstić information content (AvgIpc) is 3.10. The summed E-state index contributed by atoms with van der Waals surface area (Å²) in [4.78, 5) is 10.8. The first-order valence-electron chi connectivity index (χ1n) is 8.75. The van der Waals surface area contributed by atoms with Crippen LogP contribution in [0.4, 0.5) is 0 Å². The lowest BCUT2D eigenvalue weighted by Crippen LogP contribution is -2.35. The van der Waals surface area contributed by atoms with Crippen LogP contribution in [0.1, 0.15) is 62.8 Å². The summed E-state index contributed by atoms with van der Waals surface area (Å²) in [6.45, 7) is 6.12. The number of nitrogens with one attached hydrogen (secondary N) is 1. The van der Waals surface area contributed by atoms with Crippen molar-refractivity contribution in [2.24, 2.45) is 0 Å². The van der Waals surface area contributed by atoms with E-state index in [4.69, 9.17) is 9.72 Å². The van der Waals surface area contributed by atoms with Crippen LogP contribution in [-0.2, 0) is 17.6 Å². The van der Waals surface area contributed by atoms with Gasteiger partial charge in [-0.15, -0.1) is 0 Å². The molecule has 1 aromatic heterocycles. The van der Waals surface area contributed by atoms with Gasteiger partial charge < -0.3 is 14.8 Å². The zero-order valence-corrected chi connectivity index (χ0v) is 13.8. The van der Waals surface area contributed by atoms with Crippen molar-refractivity contribution in [1.82, 2.24) is 14.9 Å². The van der Waals surface area contributed by atoms with Gasteiger partial charge in [-0.05, 0) is 58.9 Å². The van der Waals surface area contributed by atoms with Crippen molar-refractivity contribution in [1.29, 1.82) is 0 Å². The number of aliphatic hydroxyl groups is 1. The fourth-order valence-electron chi connectivity index (χ4n) is 3.61. The highest BCUT2D eigenvalue weighted by Crippen LogP contribution is 2.32. The van der Waals surface area contributed by atoms with Gasteiger partial charge in [0.1, 0.15) is 5.82 Å². The molecular weight excluding hydrogens is 278 g/mol. The summed E-state index contributed by atoms with van der Waals surface area (Å²) in [5, 5.41) is 10.2. The van der Waals surface area contributed by atoms with Crippen LogP contribution in [-0.4, -0.2) is 51.9 Å². The minimum Gasteiger partial charge on any atom is -0.389 e. The van der Waals surface area contributed by atoms with Crippen molar-refractivity contribution in [2.45, 2.75) is 70.6 Å². The zero-order chi connectivity index (χ0) is 15.5. The number of nitrogens with zero attached hydrogens (tertiary/aromatic N) is 2. The quantitative estimate of drug-likeness (QED) is 0.846. The summed E-state index contributed by atoms with van der Waals surface area (Å²) in [5.41, 5.74) is 2.62. The highest BCUT2D eigenvalue weighted by molar-refractivity contribution is 5.19. The number of aromatic nitrogens is 2. The Kier molecular flexibility index (Phi) is 5.16. The summed E-state index contributed by atoms with van der Waals surface area (Å²) < 4.78 is 5.52. The van der Waals surface area contributed by atoms with Crippen molar-refractivity contribution in [2.75, 3.05) is 19.7 Å². The lowest BCUT2D eigenvalue weighted by Gasteiger charge is -2.25. The zero-order valence-electron chi connectivity index (χ0n) is 13.8. The first-order valence-corrected chi connectivity index (χ1v) is 8.75. The molecule has 0 saturated carbocycles. The Bertz CT molecular complexity index is 463. The van der Waals surface area contributed by atoms with Crippen LogP contribution < -0.4 is 0 Å². The number of imidazole rings is 1. The molecule has 0 bridgehead atoms. The number of aliphatic hydroxyl groups excluding tert-OH is 1. The Hall–Kier alpha value is -0.910. The lowest BCUT2D eigenvalue weighted by atomic mass is 10.0. The molecule has 0 amide bonds. The highest BCUT2D eigenvalue weighted by Gasteiger charge is 2.31. The third-order valence-corrected chi connectivity index (χ3v) is 4.72. The standard InChI is InChI=1S/C17H29N3O2/c1-12(2)22-11-13(21)10-20-9-5-8-16(20)17-18-14-6-3-4-7-15(14)19-17/h12-13,16,21H,3-11H2,1-2H3,(H,18,19)/t13-,16+/m1/s1. The van der Waals surface area contributed by atoms with Crippen molar-refractivity contribution < 1.29 is 9.84 Å². The molecule has 0 aromatic carbocycles. The second-order valence-electron chi connectivity index (χ2n) is 6.94. The molecule has 1 aromatic rings. The van der Waals surface area contributed by atoms with Crippen molar-refractivity contribution in [3.8, 4) is 0 Å². The van der Waals surface area contributed by atoms with Gasteiger partial charge in [0.15, 0.2) is 0 Å². The van der Waals surface area contributed by atoms with E-state index in [1.165, 1.54) is 30.7 Å². The minimum absolute atomic E-state index is 0.167. The third-order valence-electron chi connectivity index (χ3n) is 4.72. The molecule has 0 radical (unpaired) electrons. The molecule has 0 unspecified atom stereocenters. The number of aromatic amines is 1. The molecule has 3 rings (SSSR count). The topological polar surface area (TPSA) is 61.4 Å². The van der Waals surface area contributed by atoms with E-state index < -0.39 is 6.10 Å². The molecule has 124 valence electrons. The molecule has 2 aliphatic rings. The maximum absolute atomic E-state index is 10.2. The Labute approximate surface area is 133 Å². The normalized spacial score (nSPS) is 23.9. The summed E-state index contributed by atoms with van der Waals surface area (Å²) in [7, 11) is 0. The first-order chi connectivity index (χ1) is 10.6. The number of likely N-dealkylation sites (tertiary alicyclic amines) is 1. The minimum atomic E-state index is -0.424.